The first-order chi connectivity index (χ1) is 40.5. The molecule has 478 valence electrons. The van der Waals surface area contributed by atoms with E-state index in [4.69, 9.17) is 9.05 Å². The van der Waals surface area contributed by atoms with Gasteiger partial charge in [0.1, 0.15) is 13.2 Å². The summed E-state index contributed by atoms with van der Waals surface area (Å²) < 4.78 is 23.8. The molecule has 0 aliphatic rings. The van der Waals surface area contributed by atoms with Crippen LogP contribution in [0.4, 0.5) is 0 Å². The van der Waals surface area contributed by atoms with E-state index in [0.29, 0.717) is 17.4 Å². The molecule has 0 saturated heterocycles. The number of quaternary nitrogens is 1. The van der Waals surface area contributed by atoms with Gasteiger partial charge in [0, 0.05) is 6.42 Å². The van der Waals surface area contributed by atoms with Gasteiger partial charge in [-0.05, 0) is 103 Å². The summed E-state index contributed by atoms with van der Waals surface area (Å²) in [4.78, 5) is 23.4. The third-order valence-corrected chi connectivity index (χ3v) is 15.9. The fraction of sp³-hybridized carbons (Fsp3) is 0.716. The van der Waals surface area contributed by atoms with Gasteiger partial charge in [0.15, 0.2) is 0 Å². The molecule has 0 aromatic carbocycles. The normalized spacial score (nSPS) is 14.4. The first-order valence-electron chi connectivity index (χ1n) is 34.4. The third-order valence-electron chi connectivity index (χ3n) is 14.9. The van der Waals surface area contributed by atoms with E-state index in [0.717, 1.165) is 96.3 Å². The number of unbranched alkanes of at least 4 members (excludes halogenated alkanes) is 31. The average Bonchev–Trinajstić information content (AvgIpc) is 3.49. The van der Waals surface area contributed by atoms with Gasteiger partial charge in [0.25, 0.3) is 0 Å². The number of phosphoric acid groups is 1. The number of likely N-dealkylation sites (N-methyl/N-ethyl adjacent to an activating group) is 1. The number of nitrogens with one attached hydrogen (secondary N) is 1. The van der Waals surface area contributed by atoms with E-state index in [1.165, 1.54) is 173 Å². The monoisotopic (exact) mass is 1180 g/mol. The van der Waals surface area contributed by atoms with Gasteiger partial charge in [-0.25, -0.2) is 4.57 Å². The molecule has 0 aliphatic carbocycles. The Labute approximate surface area is 514 Å². The Kier molecular flexibility index (Phi) is 61.0. The maximum atomic E-state index is 13.0. The highest BCUT2D eigenvalue weighted by atomic mass is 31.2. The van der Waals surface area contributed by atoms with E-state index < -0.39 is 20.0 Å². The fourth-order valence-electron chi connectivity index (χ4n) is 9.59. The van der Waals surface area contributed by atoms with Crippen molar-refractivity contribution in [1.29, 1.82) is 0 Å². The molecule has 0 aromatic rings. The lowest BCUT2D eigenvalue weighted by atomic mass is 10.0. The molecule has 0 bridgehead atoms. The van der Waals surface area contributed by atoms with Crippen LogP contribution in [-0.4, -0.2) is 73.4 Å². The molecule has 0 spiro atoms. The highest BCUT2D eigenvalue weighted by Gasteiger charge is 2.28. The molecule has 0 heterocycles. The topological polar surface area (TPSA) is 105 Å². The van der Waals surface area contributed by atoms with Crippen molar-refractivity contribution in [3.05, 3.63) is 122 Å². The van der Waals surface area contributed by atoms with Crippen LogP contribution < -0.4 is 5.32 Å². The summed E-state index contributed by atoms with van der Waals surface area (Å²) in [6.45, 7) is 4.68. The predicted octanol–water partition coefficient (Wildman–Crippen LogP) is 22.0. The van der Waals surface area contributed by atoms with Crippen LogP contribution in [0.5, 0.6) is 0 Å². The van der Waals surface area contributed by atoms with E-state index in [-0.39, 0.29) is 19.1 Å². The predicted molar refractivity (Wildman–Crippen MR) is 364 cm³/mol. The zero-order chi connectivity index (χ0) is 60.5. The van der Waals surface area contributed by atoms with Crippen LogP contribution in [0, 0.1) is 0 Å². The van der Waals surface area contributed by atoms with E-state index in [2.05, 4.69) is 129 Å². The number of rotatable bonds is 62. The number of aliphatic hydroxyl groups excluding tert-OH is 1. The second-order valence-corrected chi connectivity index (χ2v) is 25.6. The first-order valence-corrected chi connectivity index (χ1v) is 35.9. The number of phosphoric ester groups is 1. The smallest absolute Gasteiger partial charge is 0.387 e. The highest BCUT2D eigenvalue weighted by molar-refractivity contribution is 7.47. The SMILES string of the molecule is CC/C=C\C/C=C\C/C=C\C/C=C\C/C=C\C/C=C\C/C=C\CCCCCCCCCCCC(=O)NC(COP(=O)(O)OCC[N+](C)(C)C)C(O)/C=C/CC/C=C/CC/C=C/CCCCCCCCCCCCCCCCCCCCCC. The van der Waals surface area contributed by atoms with Crippen LogP contribution >= 0.6 is 7.82 Å². The molecule has 3 atom stereocenters. The largest absolute Gasteiger partial charge is 0.472 e. The van der Waals surface area contributed by atoms with E-state index in [1.54, 1.807) is 6.08 Å². The quantitative estimate of drug-likeness (QED) is 0.0243. The number of hydrogen-bond acceptors (Lipinski definition) is 5. The van der Waals surface area contributed by atoms with Crippen molar-refractivity contribution >= 4 is 13.7 Å². The lowest BCUT2D eigenvalue weighted by molar-refractivity contribution is -0.870. The maximum absolute atomic E-state index is 13.0. The summed E-state index contributed by atoms with van der Waals surface area (Å²) in [5.74, 6) is -0.200. The van der Waals surface area contributed by atoms with Crippen LogP contribution in [0.2, 0.25) is 0 Å². The number of allylic oxidation sites excluding steroid dienone is 19. The van der Waals surface area contributed by atoms with E-state index in [1.807, 2.05) is 27.2 Å². The fourth-order valence-corrected chi connectivity index (χ4v) is 10.3. The van der Waals surface area contributed by atoms with E-state index in [9.17, 15) is 19.4 Å². The number of nitrogens with zero attached hydrogens (tertiary/aromatic N) is 1. The minimum atomic E-state index is -4.38. The minimum absolute atomic E-state index is 0.0463. The molecule has 3 unspecified atom stereocenters. The van der Waals surface area contributed by atoms with Gasteiger partial charge in [-0.1, -0.05) is 302 Å². The summed E-state index contributed by atoms with van der Waals surface area (Å²) in [6, 6.07) is -0.884. The van der Waals surface area contributed by atoms with Gasteiger partial charge in [0.05, 0.1) is 39.9 Å². The molecular weight excluding hydrogens is 1040 g/mol. The molecule has 9 heteroatoms. The number of hydrogen-bond donors (Lipinski definition) is 3. The van der Waals surface area contributed by atoms with Crippen LogP contribution in [0.1, 0.15) is 290 Å². The molecular formula is C74H132N2O6P+. The van der Waals surface area contributed by atoms with Gasteiger partial charge >= 0.3 is 7.82 Å². The number of aliphatic hydroxyl groups is 1. The van der Waals surface area contributed by atoms with Crippen molar-refractivity contribution in [2.45, 2.75) is 302 Å². The second kappa shape index (κ2) is 63.4. The van der Waals surface area contributed by atoms with Crippen LogP contribution in [0.3, 0.4) is 0 Å². The first kappa shape index (κ1) is 79.9. The zero-order valence-electron chi connectivity index (χ0n) is 54.7. The molecule has 0 radical (unpaired) electrons. The summed E-state index contributed by atoms with van der Waals surface area (Å²) in [5.41, 5.74) is 0. The number of carbonyl (C=O) groups excluding carboxylic acids is 1. The minimum Gasteiger partial charge on any atom is -0.387 e. The third kappa shape index (κ3) is 66.3. The second-order valence-electron chi connectivity index (χ2n) is 24.2. The lowest BCUT2D eigenvalue weighted by Gasteiger charge is -2.25. The summed E-state index contributed by atoms with van der Waals surface area (Å²) in [7, 11) is 1.53. The molecule has 0 saturated carbocycles. The number of carbonyl (C=O) groups is 1. The lowest BCUT2D eigenvalue weighted by Crippen LogP contribution is -2.45. The van der Waals surface area contributed by atoms with Crippen LogP contribution in [-0.2, 0) is 18.4 Å². The zero-order valence-corrected chi connectivity index (χ0v) is 55.5. The summed E-state index contributed by atoms with van der Waals surface area (Å²) in [5, 5.41) is 14.0. The summed E-state index contributed by atoms with van der Waals surface area (Å²) in [6.07, 6.45) is 94.9. The molecule has 0 aromatic heterocycles. The Hall–Kier alpha value is -3.10. The Balaban J connectivity index is 4.21. The summed E-state index contributed by atoms with van der Waals surface area (Å²) >= 11 is 0. The Bertz CT molecular complexity index is 1770. The molecule has 3 N–H and O–H groups in total. The molecule has 0 rings (SSSR count). The van der Waals surface area contributed by atoms with E-state index >= 15 is 0 Å². The van der Waals surface area contributed by atoms with Gasteiger partial charge in [-0.3, -0.25) is 13.8 Å². The van der Waals surface area contributed by atoms with Crippen LogP contribution in [0.25, 0.3) is 0 Å². The van der Waals surface area contributed by atoms with Crippen molar-refractivity contribution in [2.24, 2.45) is 0 Å². The Morgan fingerprint density at radius 3 is 1.11 bits per heavy atom. The molecule has 0 fully saturated rings. The van der Waals surface area contributed by atoms with Crippen molar-refractivity contribution in [3.8, 4) is 0 Å². The van der Waals surface area contributed by atoms with Crippen molar-refractivity contribution in [1.82, 2.24) is 5.32 Å². The Morgan fingerprint density at radius 1 is 0.422 bits per heavy atom. The molecule has 0 aliphatic heterocycles. The van der Waals surface area contributed by atoms with Gasteiger partial charge in [0.2, 0.25) is 5.91 Å². The number of amides is 1. The molecule has 8 nitrogen and oxygen atoms in total. The highest BCUT2D eigenvalue weighted by Crippen LogP contribution is 2.43. The van der Waals surface area contributed by atoms with Crippen LogP contribution in [0.15, 0.2) is 122 Å². The van der Waals surface area contributed by atoms with Gasteiger partial charge < -0.3 is 19.8 Å². The average molecular weight is 1180 g/mol. The van der Waals surface area contributed by atoms with Crippen molar-refractivity contribution in [3.63, 3.8) is 0 Å². The Morgan fingerprint density at radius 2 is 0.735 bits per heavy atom. The van der Waals surface area contributed by atoms with Crippen molar-refractivity contribution < 1.29 is 32.9 Å². The molecule has 83 heavy (non-hydrogen) atoms. The van der Waals surface area contributed by atoms with Gasteiger partial charge in [-0.2, -0.15) is 0 Å². The molecule has 1 amide bonds. The van der Waals surface area contributed by atoms with Crippen molar-refractivity contribution in [2.75, 3.05) is 40.9 Å². The maximum Gasteiger partial charge on any atom is 0.472 e. The standard InChI is InChI=1S/C74H131N2O6P/c1-6-8-10-12-14-16-18-20-22-24-26-28-30-32-34-36-38-40-42-44-46-48-50-52-54-56-58-60-62-64-66-68-74(78)75-72(71-82-83(79,80)81-70-69-76(3,4)5)73(77)67-65-63-61-59-57-55-53-51-49-47-45-43-41-39-37-35-33-31-29-27-25-23-21-19-17-15-13-11-9-7-2/h8,10,14,16,20,22,26,28,32,34,38,40,44,46,49,51,57,59,65,67,72-73,77H,6-7,9,11-13,15,17-19,21,23-25,27,29-31,33,35-37,39,41-43,45,47-48,50,52-56,58,60-64,66,68-71H2,1-5H3,(H-,75,78,79,80)/p+1/b10-8-,16-14-,22-20-,28-26-,34-32-,40-38-,46-44-,51-49+,59-57+,67-65+. The van der Waals surface area contributed by atoms with Gasteiger partial charge in [-0.15, -0.1) is 0 Å².